The molecule has 116 valence electrons. The van der Waals surface area contributed by atoms with E-state index in [2.05, 4.69) is 19.2 Å². The zero-order valence-corrected chi connectivity index (χ0v) is 13.2. The molecule has 0 aliphatic heterocycles. The molecular formula is C17H26N2O2. The summed E-state index contributed by atoms with van der Waals surface area (Å²) in [6, 6.07) is 7.67. The highest BCUT2D eigenvalue weighted by Gasteiger charge is 2.51. The van der Waals surface area contributed by atoms with Crippen LogP contribution in [0.15, 0.2) is 24.3 Å². The van der Waals surface area contributed by atoms with Gasteiger partial charge in [-0.2, -0.15) is 0 Å². The molecule has 0 heterocycles. The standard InChI is InChI=1S/C17H26N2O2/c1-16(2,10-11-21-3)12-19-15(20)17(8-9-17)13-4-6-14(18)7-5-13/h4-7H,8-12,18H2,1-3H3,(H,19,20). The van der Waals surface area contributed by atoms with Crippen molar-refractivity contribution in [3.8, 4) is 0 Å². The van der Waals surface area contributed by atoms with Crippen molar-refractivity contribution in [3.63, 3.8) is 0 Å². The fraction of sp³-hybridized carbons (Fsp3) is 0.588. The molecule has 1 amide bonds. The predicted molar refractivity (Wildman–Crippen MR) is 85.1 cm³/mol. The predicted octanol–water partition coefficient (Wildman–Crippen LogP) is 2.48. The van der Waals surface area contributed by atoms with Gasteiger partial charge in [0, 0.05) is 25.9 Å². The van der Waals surface area contributed by atoms with Crippen LogP contribution in [-0.4, -0.2) is 26.2 Å². The van der Waals surface area contributed by atoms with Crippen LogP contribution in [0.3, 0.4) is 0 Å². The van der Waals surface area contributed by atoms with Gasteiger partial charge in [0.2, 0.25) is 5.91 Å². The number of rotatable bonds is 7. The summed E-state index contributed by atoms with van der Waals surface area (Å²) in [6.07, 6.45) is 2.77. The van der Waals surface area contributed by atoms with E-state index in [1.165, 1.54) is 0 Å². The lowest BCUT2D eigenvalue weighted by Crippen LogP contribution is -2.40. The van der Waals surface area contributed by atoms with Crippen LogP contribution in [0, 0.1) is 5.41 Å². The lowest BCUT2D eigenvalue weighted by atomic mass is 9.88. The molecule has 1 aromatic carbocycles. The van der Waals surface area contributed by atoms with E-state index in [1.54, 1.807) is 7.11 Å². The van der Waals surface area contributed by atoms with Gasteiger partial charge < -0.3 is 15.8 Å². The minimum atomic E-state index is -0.328. The lowest BCUT2D eigenvalue weighted by molar-refractivity contribution is -0.124. The maximum atomic E-state index is 12.6. The Morgan fingerprint density at radius 2 is 1.95 bits per heavy atom. The minimum Gasteiger partial charge on any atom is -0.399 e. The van der Waals surface area contributed by atoms with Crippen molar-refractivity contribution in [2.24, 2.45) is 5.41 Å². The fourth-order valence-corrected chi connectivity index (χ4v) is 2.53. The number of ether oxygens (including phenoxy) is 1. The Hall–Kier alpha value is -1.55. The Balaban J connectivity index is 1.95. The molecule has 0 aromatic heterocycles. The molecule has 0 radical (unpaired) electrons. The van der Waals surface area contributed by atoms with Gasteiger partial charge in [0.25, 0.3) is 0 Å². The van der Waals surface area contributed by atoms with Gasteiger partial charge >= 0.3 is 0 Å². The summed E-state index contributed by atoms with van der Waals surface area (Å²) in [4.78, 5) is 12.6. The summed E-state index contributed by atoms with van der Waals surface area (Å²) in [5, 5.41) is 3.12. The number of hydrogen-bond donors (Lipinski definition) is 2. The highest BCUT2D eigenvalue weighted by Crippen LogP contribution is 2.48. The molecule has 0 spiro atoms. The molecule has 3 N–H and O–H groups in total. The minimum absolute atomic E-state index is 0.0445. The summed E-state index contributed by atoms with van der Waals surface area (Å²) >= 11 is 0. The van der Waals surface area contributed by atoms with Crippen LogP contribution in [0.4, 0.5) is 5.69 Å². The van der Waals surface area contributed by atoms with E-state index in [4.69, 9.17) is 10.5 Å². The van der Waals surface area contributed by atoms with Gasteiger partial charge in [-0.25, -0.2) is 0 Å². The smallest absolute Gasteiger partial charge is 0.230 e. The van der Waals surface area contributed by atoms with Crippen LogP contribution in [0.25, 0.3) is 0 Å². The van der Waals surface area contributed by atoms with Gasteiger partial charge in [-0.15, -0.1) is 0 Å². The quantitative estimate of drug-likeness (QED) is 0.758. The van der Waals surface area contributed by atoms with Crippen molar-refractivity contribution in [1.82, 2.24) is 5.32 Å². The number of nitrogens with one attached hydrogen (secondary N) is 1. The number of nitrogens with two attached hydrogens (primary N) is 1. The Bertz CT molecular complexity index is 490. The maximum absolute atomic E-state index is 12.6. The van der Waals surface area contributed by atoms with Crippen molar-refractivity contribution in [2.75, 3.05) is 26.0 Å². The van der Waals surface area contributed by atoms with E-state index in [1.807, 2.05) is 24.3 Å². The monoisotopic (exact) mass is 290 g/mol. The second-order valence-electron chi connectivity index (χ2n) is 6.79. The number of anilines is 1. The summed E-state index contributed by atoms with van der Waals surface area (Å²) in [6.45, 7) is 5.68. The molecule has 0 unspecified atom stereocenters. The zero-order chi connectivity index (χ0) is 15.5. The molecule has 1 fully saturated rings. The first-order valence-electron chi connectivity index (χ1n) is 7.53. The van der Waals surface area contributed by atoms with E-state index in [-0.39, 0.29) is 16.7 Å². The molecule has 4 heteroatoms. The highest BCUT2D eigenvalue weighted by atomic mass is 16.5. The molecule has 1 aliphatic rings. The number of benzene rings is 1. The second kappa shape index (κ2) is 6.06. The summed E-state index contributed by atoms with van der Waals surface area (Å²) in [7, 11) is 1.70. The molecule has 0 bridgehead atoms. The average Bonchev–Trinajstić information content (AvgIpc) is 3.25. The molecule has 1 aromatic rings. The topological polar surface area (TPSA) is 64.3 Å². The van der Waals surface area contributed by atoms with Crippen LogP contribution in [0.2, 0.25) is 0 Å². The number of carbonyl (C=O) groups excluding carboxylic acids is 1. The van der Waals surface area contributed by atoms with Crippen molar-refractivity contribution in [2.45, 2.75) is 38.5 Å². The summed E-state index contributed by atoms with van der Waals surface area (Å²) in [5.74, 6) is 0.137. The number of methoxy groups -OCH3 is 1. The van der Waals surface area contributed by atoms with Gasteiger partial charge in [0.1, 0.15) is 0 Å². The first kappa shape index (κ1) is 15.8. The van der Waals surface area contributed by atoms with Crippen LogP contribution in [0.1, 0.15) is 38.7 Å². The van der Waals surface area contributed by atoms with Crippen LogP contribution >= 0.6 is 0 Å². The third-order valence-corrected chi connectivity index (χ3v) is 4.36. The third kappa shape index (κ3) is 3.76. The molecule has 1 saturated carbocycles. The van der Waals surface area contributed by atoms with Gasteiger partial charge in [0.05, 0.1) is 5.41 Å². The largest absolute Gasteiger partial charge is 0.399 e. The molecule has 0 atom stereocenters. The maximum Gasteiger partial charge on any atom is 0.230 e. The van der Waals surface area contributed by atoms with Gasteiger partial charge in [0.15, 0.2) is 0 Å². The van der Waals surface area contributed by atoms with E-state index < -0.39 is 0 Å². The Labute approximate surface area is 127 Å². The Morgan fingerprint density at radius 3 is 2.48 bits per heavy atom. The van der Waals surface area contributed by atoms with Crippen LogP contribution in [-0.2, 0) is 14.9 Å². The molecule has 4 nitrogen and oxygen atoms in total. The van der Waals surface area contributed by atoms with E-state index in [0.717, 1.165) is 30.5 Å². The van der Waals surface area contributed by atoms with Crippen molar-refractivity contribution in [3.05, 3.63) is 29.8 Å². The summed E-state index contributed by atoms with van der Waals surface area (Å²) in [5.41, 5.74) is 7.24. The first-order chi connectivity index (χ1) is 9.89. The zero-order valence-electron chi connectivity index (χ0n) is 13.2. The average molecular weight is 290 g/mol. The lowest BCUT2D eigenvalue weighted by Gasteiger charge is -2.26. The Morgan fingerprint density at radius 1 is 1.33 bits per heavy atom. The van der Waals surface area contributed by atoms with Gasteiger partial charge in [-0.05, 0) is 42.4 Å². The second-order valence-corrected chi connectivity index (χ2v) is 6.79. The number of hydrogen-bond acceptors (Lipinski definition) is 3. The van der Waals surface area contributed by atoms with E-state index >= 15 is 0 Å². The third-order valence-electron chi connectivity index (χ3n) is 4.36. The van der Waals surface area contributed by atoms with Crippen molar-refractivity contribution < 1.29 is 9.53 Å². The van der Waals surface area contributed by atoms with E-state index in [9.17, 15) is 4.79 Å². The Kier molecular flexibility index (Phi) is 4.57. The molecular weight excluding hydrogens is 264 g/mol. The van der Waals surface area contributed by atoms with Gasteiger partial charge in [-0.3, -0.25) is 4.79 Å². The normalized spacial score (nSPS) is 16.5. The van der Waals surface area contributed by atoms with Crippen molar-refractivity contribution >= 4 is 11.6 Å². The number of amides is 1. The van der Waals surface area contributed by atoms with Gasteiger partial charge in [-0.1, -0.05) is 26.0 Å². The highest BCUT2D eigenvalue weighted by molar-refractivity contribution is 5.91. The molecule has 2 rings (SSSR count). The fourth-order valence-electron chi connectivity index (χ4n) is 2.53. The van der Waals surface area contributed by atoms with Crippen LogP contribution < -0.4 is 11.1 Å². The first-order valence-corrected chi connectivity index (χ1v) is 7.53. The number of nitrogen functional groups attached to an aromatic ring is 1. The van der Waals surface area contributed by atoms with Crippen LogP contribution in [0.5, 0.6) is 0 Å². The molecule has 1 aliphatic carbocycles. The summed E-state index contributed by atoms with van der Waals surface area (Å²) < 4.78 is 5.12. The SMILES string of the molecule is COCCC(C)(C)CNC(=O)C1(c2ccc(N)cc2)CC1. The van der Waals surface area contributed by atoms with Crippen molar-refractivity contribution in [1.29, 1.82) is 0 Å². The molecule has 21 heavy (non-hydrogen) atoms. The molecule has 0 saturated heterocycles. The number of carbonyl (C=O) groups is 1. The van der Waals surface area contributed by atoms with E-state index in [0.29, 0.717) is 13.2 Å².